The highest BCUT2D eigenvalue weighted by molar-refractivity contribution is 6.33. The van der Waals surface area contributed by atoms with E-state index < -0.39 is 10.7 Å². The number of aromatic nitrogens is 1. The van der Waals surface area contributed by atoms with E-state index in [1.807, 2.05) is 0 Å². The van der Waals surface area contributed by atoms with Crippen molar-refractivity contribution in [3.63, 3.8) is 0 Å². The molecule has 0 N–H and O–H groups in total. The van der Waals surface area contributed by atoms with Gasteiger partial charge in [0.05, 0.1) is 26.6 Å². The number of hydrogen-bond acceptors (Lipinski definition) is 5. The molecule has 148 valence electrons. The highest BCUT2D eigenvalue weighted by Gasteiger charge is 2.26. The van der Waals surface area contributed by atoms with Crippen molar-refractivity contribution in [1.29, 1.82) is 0 Å². The van der Waals surface area contributed by atoms with E-state index in [1.54, 1.807) is 29.3 Å². The SMILES string of the molecule is O=C(c1ccc(F)cc1Cl)N1CCN(c2ccc([N+](=O)[O-])c3cccnc23)CC1. The second-order valence-corrected chi connectivity index (χ2v) is 7.07. The number of amides is 1. The summed E-state index contributed by atoms with van der Waals surface area (Å²) >= 11 is 6.01. The van der Waals surface area contributed by atoms with Crippen LogP contribution in [0.3, 0.4) is 0 Å². The fourth-order valence-corrected chi connectivity index (χ4v) is 3.79. The smallest absolute Gasteiger partial charge is 0.278 e. The van der Waals surface area contributed by atoms with Crippen molar-refractivity contribution in [2.75, 3.05) is 31.1 Å². The van der Waals surface area contributed by atoms with Gasteiger partial charge in [0.1, 0.15) is 11.3 Å². The summed E-state index contributed by atoms with van der Waals surface area (Å²) in [7, 11) is 0. The molecule has 1 amide bonds. The lowest BCUT2D eigenvalue weighted by Gasteiger charge is -2.36. The molecule has 0 radical (unpaired) electrons. The predicted octanol–water partition coefficient (Wildman–Crippen LogP) is 3.90. The summed E-state index contributed by atoms with van der Waals surface area (Å²) < 4.78 is 13.2. The van der Waals surface area contributed by atoms with Crippen LogP contribution in [-0.2, 0) is 0 Å². The van der Waals surface area contributed by atoms with E-state index >= 15 is 0 Å². The molecule has 0 spiro atoms. The first-order valence-corrected chi connectivity index (χ1v) is 9.35. The Morgan fingerprint density at radius 2 is 1.90 bits per heavy atom. The maximum absolute atomic E-state index is 13.2. The van der Waals surface area contributed by atoms with Gasteiger partial charge in [-0.2, -0.15) is 0 Å². The Bertz CT molecular complexity index is 1120. The third-order valence-electron chi connectivity index (χ3n) is 4.99. The number of anilines is 1. The number of rotatable bonds is 3. The molecule has 9 heteroatoms. The van der Waals surface area contributed by atoms with Crippen molar-refractivity contribution in [3.8, 4) is 0 Å². The van der Waals surface area contributed by atoms with E-state index in [1.165, 1.54) is 18.2 Å². The molecule has 1 aliphatic heterocycles. The predicted molar refractivity (Wildman–Crippen MR) is 108 cm³/mol. The number of carbonyl (C=O) groups excluding carboxylic acids is 1. The minimum absolute atomic E-state index is 0.0108. The minimum Gasteiger partial charge on any atom is -0.366 e. The van der Waals surface area contributed by atoms with Crippen molar-refractivity contribution in [3.05, 3.63) is 75.2 Å². The van der Waals surface area contributed by atoms with Gasteiger partial charge in [-0.05, 0) is 36.4 Å². The van der Waals surface area contributed by atoms with Crippen LogP contribution < -0.4 is 4.90 Å². The molecule has 7 nitrogen and oxygen atoms in total. The zero-order chi connectivity index (χ0) is 20.5. The van der Waals surface area contributed by atoms with E-state index in [-0.39, 0.29) is 22.2 Å². The van der Waals surface area contributed by atoms with Gasteiger partial charge < -0.3 is 9.80 Å². The molecule has 0 saturated carbocycles. The third-order valence-corrected chi connectivity index (χ3v) is 5.30. The zero-order valence-electron chi connectivity index (χ0n) is 15.2. The summed E-state index contributed by atoms with van der Waals surface area (Å²) in [5.74, 6) is -0.741. The van der Waals surface area contributed by atoms with E-state index in [2.05, 4.69) is 9.88 Å². The van der Waals surface area contributed by atoms with Gasteiger partial charge in [0.2, 0.25) is 0 Å². The fourth-order valence-electron chi connectivity index (χ4n) is 3.54. The largest absolute Gasteiger partial charge is 0.366 e. The number of nitro benzene ring substituents is 1. The number of nitrogens with zero attached hydrogens (tertiary/aromatic N) is 4. The average molecular weight is 415 g/mol. The van der Waals surface area contributed by atoms with E-state index in [0.717, 1.165) is 11.8 Å². The topological polar surface area (TPSA) is 79.6 Å². The summed E-state index contributed by atoms with van der Waals surface area (Å²) in [5, 5.41) is 11.9. The number of pyridine rings is 1. The Kier molecular flexibility index (Phi) is 5.02. The van der Waals surface area contributed by atoms with Crippen LogP contribution in [0.25, 0.3) is 10.9 Å². The van der Waals surface area contributed by atoms with Crippen LogP contribution in [0.15, 0.2) is 48.7 Å². The monoisotopic (exact) mass is 414 g/mol. The second kappa shape index (κ2) is 7.63. The molecule has 0 unspecified atom stereocenters. The molecule has 0 atom stereocenters. The number of non-ortho nitro benzene ring substituents is 1. The van der Waals surface area contributed by atoms with Crippen molar-refractivity contribution >= 4 is 39.8 Å². The number of hydrogen-bond donors (Lipinski definition) is 0. The van der Waals surface area contributed by atoms with Crippen LogP contribution >= 0.6 is 11.6 Å². The Morgan fingerprint density at radius 3 is 2.59 bits per heavy atom. The first-order valence-electron chi connectivity index (χ1n) is 8.97. The number of nitro groups is 1. The van der Waals surface area contributed by atoms with Gasteiger partial charge in [-0.1, -0.05) is 11.6 Å². The highest BCUT2D eigenvalue weighted by Crippen LogP contribution is 2.32. The van der Waals surface area contributed by atoms with Crippen LogP contribution in [0.4, 0.5) is 15.8 Å². The molecule has 1 fully saturated rings. The second-order valence-electron chi connectivity index (χ2n) is 6.66. The summed E-state index contributed by atoms with van der Waals surface area (Å²) in [6.45, 7) is 1.96. The Morgan fingerprint density at radius 1 is 1.14 bits per heavy atom. The summed E-state index contributed by atoms with van der Waals surface area (Å²) in [6.07, 6.45) is 1.60. The quantitative estimate of drug-likeness (QED) is 0.479. The molecule has 2 heterocycles. The van der Waals surface area contributed by atoms with Crippen LogP contribution in [0.1, 0.15) is 10.4 Å². The van der Waals surface area contributed by atoms with Gasteiger partial charge >= 0.3 is 0 Å². The van der Waals surface area contributed by atoms with E-state index in [4.69, 9.17) is 11.6 Å². The van der Waals surface area contributed by atoms with Crippen LogP contribution in [0.5, 0.6) is 0 Å². The van der Waals surface area contributed by atoms with Gasteiger partial charge in [-0.15, -0.1) is 0 Å². The zero-order valence-corrected chi connectivity index (χ0v) is 16.0. The highest BCUT2D eigenvalue weighted by atomic mass is 35.5. The molecule has 1 aromatic heterocycles. The Balaban J connectivity index is 1.55. The van der Waals surface area contributed by atoms with Gasteiger partial charge in [0, 0.05) is 38.4 Å². The Hall–Kier alpha value is -3.26. The molecule has 2 aromatic carbocycles. The normalized spacial score (nSPS) is 14.3. The molecule has 0 aliphatic carbocycles. The van der Waals surface area contributed by atoms with Gasteiger partial charge in [0.15, 0.2) is 0 Å². The first-order chi connectivity index (χ1) is 14.0. The molecule has 4 rings (SSSR count). The van der Waals surface area contributed by atoms with Crippen molar-refractivity contribution in [2.45, 2.75) is 0 Å². The van der Waals surface area contributed by atoms with Gasteiger partial charge in [-0.3, -0.25) is 19.9 Å². The maximum Gasteiger partial charge on any atom is 0.278 e. The molecular formula is C20H16ClFN4O3. The molecule has 1 saturated heterocycles. The van der Waals surface area contributed by atoms with Crippen LogP contribution in [0, 0.1) is 15.9 Å². The third kappa shape index (κ3) is 3.58. The average Bonchev–Trinajstić information content (AvgIpc) is 2.72. The number of carbonyl (C=O) groups is 1. The fraction of sp³-hybridized carbons (Fsp3) is 0.200. The van der Waals surface area contributed by atoms with Crippen molar-refractivity contribution in [1.82, 2.24) is 9.88 Å². The minimum atomic E-state index is -0.492. The molecule has 29 heavy (non-hydrogen) atoms. The Labute approximate surface area is 170 Å². The number of halogens is 2. The van der Waals surface area contributed by atoms with Crippen LogP contribution in [0.2, 0.25) is 5.02 Å². The van der Waals surface area contributed by atoms with Gasteiger partial charge in [-0.25, -0.2) is 4.39 Å². The number of benzene rings is 2. The standard InChI is InChI=1S/C20H16ClFN4O3/c21-16-12-13(22)3-4-14(16)20(27)25-10-8-24(9-11-25)18-6-5-17(26(28)29)15-2-1-7-23-19(15)18/h1-7,12H,8-11H2. The molecular weight excluding hydrogens is 399 g/mol. The lowest BCUT2D eigenvalue weighted by molar-refractivity contribution is -0.383. The van der Waals surface area contributed by atoms with Crippen LogP contribution in [-0.4, -0.2) is 46.9 Å². The number of fused-ring (bicyclic) bond motifs is 1. The maximum atomic E-state index is 13.2. The van der Waals surface area contributed by atoms with Crippen molar-refractivity contribution < 1.29 is 14.1 Å². The summed E-state index contributed by atoms with van der Waals surface area (Å²) in [5.41, 5.74) is 1.63. The lowest BCUT2D eigenvalue weighted by Crippen LogP contribution is -2.49. The van der Waals surface area contributed by atoms with E-state index in [9.17, 15) is 19.3 Å². The van der Waals surface area contributed by atoms with E-state index in [0.29, 0.717) is 37.1 Å². The molecule has 3 aromatic rings. The van der Waals surface area contributed by atoms with Gasteiger partial charge in [0.25, 0.3) is 11.6 Å². The first kappa shape index (κ1) is 19.1. The molecule has 0 bridgehead atoms. The molecule has 1 aliphatic rings. The van der Waals surface area contributed by atoms with Crippen molar-refractivity contribution in [2.24, 2.45) is 0 Å². The summed E-state index contributed by atoms with van der Waals surface area (Å²) in [6, 6.07) is 10.3. The summed E-state index contributed by atoms with van der Waals surface area (Å²) in [4.78, 5) is 31.6. The lowest BCUT2D eigenvalue weighted by atomic mass is 10.1. The number of piperazine rings is 1.